The molecule has 0 bridgehead atoms. The number of nitrogens with one attached hydrogen (secondary N) is 1. The largest absolute Gasteiger partial charge is 0.345 e. The van der Waals surface area contributed by atoms with Crippen molar-refractivity contribution in [2.45, 2.75) is 18.0 Å². The number of fused-ring (bicyclic) bond motifs is 10. The third-order valence-corrected chi connectivity index (χ3v) is 9.98. The van der Waals surface area contributed by atoms with Gasteiger partial charge in [-0.15, -0.1) is 0 Å². The van der Waals surface area contributed by atoms with Gasteiger partial charge in [-0.2, -0.15) is 0 Å². The van der Waals surface area contributed by atoms with E-state index in [0.29, 0.717) is 0 Å². The zero-order valence-electron chi connectivity index (χ0n) is 25.1. The van der Waals surface area contributed by atoms with Gasteiger partial charge in [-0.25, -0.2) is 4.99 Å². The first kappa shape index (κ1) is 25.5. The number of para-hydroxylation sites is 3. The Kier molecular flexibility index (Phi) is 5.43. The van der Waals surface area contributed by atoms with Gasteiger partial charge >= 0.3 is 0 Å². The Morgan fingerprint density at radius 2 is 1.30 bits per heavy atom. The Bertz CT molecular complexity index is 2370. The lowest BCUT2D eigenvalue weighted by Crippen LogP contribution is -2.49. The summed E-state index contributed by atoms with van der Waals surface area (Å²) in [6.07, 6.45) is 4.68. The summed E-state index contributed by atoms with van der Waals surface area (Å²) in [5.74, 6) is 1.04. The van der Waals surface area contributed by atoms with Crippen LogP contribution in [0.3, 0.4) is 0 Å². The normalized spacial score (nSPS) is 19.3. The van der Waals surface area contributed by atoms with Crippen LogP contribution >= 0.6 is 0 Å². The third kappa shape index (κ3) is 3.58. The molecule has 1 N–H and O–H groups in total. The third-order valence-electron chi connectivity index (χ3n) is 9.98. The van der Waals surface area contributed by atoms with E-state index in [1.165, 1.54) is 55.3 Å². The molecule has 3 heterocycles. The van der Waals surface area contributed by atoms with E-state index in [0.717, 1.165) is 17.3 Å². The fraction of sp³-hybridized carbons (Fsp3) is 0.0714. The summed E-state index contributed by atoms with van der Waals surface area (Å²) in [6, 6.07) is 52.5. The van der Waals surface area contributed by atoms with E-state index in [1.54, 1.807) is 0 Å². The molecule has 0 saturated carbocycles. The predicted octanol–water partition coefficient (Wildman–Crippen LogP) is 9.51. The van der Waals surface area contributed by atoms with Gasteiger partial charge in [-0.3, -0.25) is 0 Å². The molecule has 0 radical (unpaired) electrons. The number of rotatable bonds is 2. The molecule has 3 unspecified atom stereocenters. The predicted molar refractivity (Wildman–Crippen MR) is 189 cm³/mol. The van der Waals surface area contributed by atoms with Crippen molar-refractivity contribution in [2.75, 3.05) is 4.90 Å². The molecule has 6 aromatic carbocycles. The topological polar surface area (TPSA) is 32.6 Å². The molecule has 3 aliphatic rings. The quantitative estimate of drug-likeness (QED) is 0.218. The molecule has 2 aliphatic heterocycles. The number of benzene rings is 6. The second kappa shape index (κ2) is 9.82. The smallest absolute Gasteiger partial charge is 0.205 e. The Morgan fingerprint density at radius 1 is 0.587 bits per heavy atom. The van der Waals surface area contributed by atoms with Gasteiger partial charge in [0.15, 0.2) is 0 Å². The van der Waals surface area contributed by atoms with Crippen LogP contribution in [0.4, 0.5) is 11.4 Å². The van der Waals surface area contributed by atoms with Gasteiger partial charge in [0.05, 0.1) is 34.5 Å². The second-order valence-corrected chi connectivity index (χ2v) is 12.4. The van der Waals surface area contributed by atoms with E-state index in [9.17, 15) is 0 Å². The molecule has 3 atom stereocenters. The van der Waals surface area contributed by atoms with Crippen molar-refractivity contribution < 1.29 is 0 Å². The minimum Gasteiger partial charge on any atom is -0.345 e. The van der Waals surface area contributed by atoms with E-state index in [2.05, 4.69) is 173 Å². The monoisotopic (exact) mass is 590 g/mol. The molecule has 1 aliphatic carbocycles. The number of hydrogen-bond donors (Lipinski definition) is 1. The van der Waals surface area contributed by atoms with Crippen molar-refractivity contribution in [1.82, 2.24) is 9.88 Å². The summed E-state index contributed by atoms with van der Waals surface area (Å²) in [7, 11) is 0. The summed E-state index contributed by atoms with van der Waals surface area (Å²) in [5.41, 5.74) is 12.2. The molecule has 4 nitrogen and oxygen atoms in total. The maximum atomic E-state index is 5.40. The molecule has 0 fully saturated rings. The summed E-state index contributed by atoms with van der Waals surface area (Å²) < 4.78 is 2.45. The number of hydrogen-bond acceptors (Lipinski definition) is 3. The maximum absolute atomic E-state index is 5.40. The lowest BCUT2D eigenvalue weighted by molar-refractivity contribution is 0.688. The summed E-state index contributed by atoms with van der Waals surface area (Å²) >= 11 is 0. The van der Waals surface area contributed by atoms with Crippen LogP contribution in [0, 0.1) is 0 Å². The van der Waals surface area contributed by atoms with E-state index in [1.807, 2.05) is 0 Å². The number of aromatic nitrogens is 1. The molecule has 0 amide bonds. The summed E-state index contributed by atoms with van der Waals surface area (Å²) in [5, 5.41) is 6.45. The second-order valence-electron chi connectivity index (χ2n) is 12.4. The van der Waals surface area contributed by atoms with E-state index in [-0.39, 0.29) is 18.0 Å². The fourth-order valence-electron chi connectivity index (χ4n) is 8.05. The van der Waals surface area contributed by atoms with Gasteiger partial charge in [-0.1, -0.05) is 133 Å². The number of nitrogens with zero attached hydrogens (tertiary/aromatic N) is 3. The highest BCUT2D eigenvalue weighted by atomic mass is 15.4. The van der Waals surface area contributed by atoms with Crippen molar-refractivity contribution in [3.8, 4) is 5.69 Å². The summed E-state index contributed by atoms with van der Waals surface area (Å²) in [4.78, 5) is 7.90. The van der Waals surface area contributed by atoms with Crippen LogP contribution in [0.1, 0.15) is 39.8 Å². The number of aliphatic imine (C=N–C) groups is 1. The standard InChI is InChI=1S/C42H30N4/c1-3-14-28(15-4-1)39-33-20-9-11-21-35(33)43-42(44-39)46-37-26-23-27-13-7-8-18-30(27)38(37)34-25-24-32-31-19-10-12-22-36(31)45(40(32)41(34)46)29-16-5-2-6-17-29/h1-26,37-39H,(H,43,44). The van der Waals surface area contributed by atoms with Crippen molar-refractivity contribution >= 4 is 45.2 Å². The average Bonchev–Trinajstić information content (AvgIpc) is 3.65. The highest BCUT2D eigenvalue weighted by Crippen LogP contribution is 2.53. The SMILES string of the molecule is C1=CC2C(c3ccccc31)c1ccc3c4ccccc4n(-c4ccccc4)c3c1N2C1=Nc2ccccc2C(c2ccccc2)N1. The van der Waals surface area contributed by atoms with Crippen molar-refractivity contribution in [3.05, 3.63) is 179 Å². The Morgan fingerprint density at radius 3 is 2.17 bits per heavy atom. The fourth-order valence-corrected chi connectivity index (χ4v) is 8.05. The lowest BCUT2D eigenvalue weighted by Gasteiger charge is -2.36. The van der Waals surface area contributed by atoms with Crippen molar-refractivity contribution in [1.29, 1.82) is 0 Å². The molecular formula is C42H30N4. The summed E-state index contributed by atoms with van der Waals surface area (Å²) in [6.45, 7) is 0. The average molecular weight is 591 g/mol. The molecule has 46 heavy (non-hydrogen) atoms. The molecular weight excluding hydrogens is 560 g/mol. The molecule has 1 aromatic heterocycles. The van der Waals surface area contributed by atoms with Gasteiger partial charge in [0.1, 0.15) is 0 Å². The Labute approximate surface area is 267 Å². The van der Waals surface area contributed by atoms with Crippen LogP contribution in [0.15, 0.2) is 157 Å². The van der Waals surface area contributed by atoms with Crippen LogP contribution < -0.4 is 10.2 Å². The van der Waals surface area contributed by atoms with Gasteiger partial charge in [0.2, 0.25) is 5.96 Å². The van der Waals surface area contributed by atoms with E-state index >= 15 is 0 Å². The highest BCUT2D eigenvalue weighted by Gasteiger charge is 2.45. The first-order valence-corrected chi connectivity index (χ1v) is 16.0. The van der Waals surface area contributed by atoms with Crippen LogP contribution in [0.2, 0.25) is 0 Å². The minimum absolute atomic E-state index is 0.0218. The van der Waals surface area contributed by atoms with Crippen molar-refractivity contribution in [3.63, 3.8) is 0 Å². The Hall–Kier alpha value is -5.87. The van der Waals surface area contributed by atoms with Gasteiger partial charge < -0.3 is 14.8 Å². The van der Waals surface area contributed by atoms with Crippen LogP contribution in [0.5, 0.6) is 0 Å². The zero-order valence-corrected chi connectivity index (χ0v) is 25.1. The van der Waals surface area contributed by atoms with Gasteiger partial charge in [-0.05, 0) is 46.5 Å². The van der Waals surface area contributed by atoms with E-state index < -0.39 is 0 Å². The molecule has 218 valence electrons. The Balaban J connectivity index is 1.29. The molecule has 4 heteroatoms. The highest BCUT2D eigenvalue weighted by molar-refractivity contribution is 6.18. The van der Waals surface area contributed by atoms with Crippen molar-refractivity contribution in [2.24, 2.45) is 4.99 Å². The van der Waals surface area contributed by atoms with Crippen LogP contribution in [-0.4, -0.2) is 16.6 Å². The first-order chi connectivity index (χ1) is 22.8. The van der Waals surface area contributed by atoms with Gasteiger partial charge in [0.25, 0.3) is 0 Å². The number of guanidine groups is 1. The first-order valence-electron chi connectivity index (χ1n) is 16.0. The molecule has 0 saturated heterocycles. The molecule has 7 aromatic rings. The number of anilines is 1. The molecule has 0 spiro atoms. The lowest BCUT2D eigenvalue weighted by atomic mass is 9.81. The van der Waals surface area contributed by atoms with Gasteiger partial charge in [0, 0.05) is 27.9 Å². The van der Waals surface area contributed by atoms with E-state index in [4.69, 9.17) is 4.99 Å². The zero-order chi connectivity index (χ0) is 30.2. The molecule has 10 rings (SSSR count). The van der Waals surface area contributed by atoms with Crippen LogP contribution in [0.25, 0.3) is 33.6 Å². The maximum Gasteiger partial charge on any atom is 0.205 e. The van der Waals surface area contributed by atoms with Crippen LogP contribution in [-0.2, 0) is 0 Å². The minimum atomic E-state index is -0.0218.